The van der Waals surface area contributed by atoms with Gasteiger partial charge in [-0.15, -0.1) is 24.8 Å². The van der Waals surface area contributed by atoms with Crippen LogP contribution in [0.3, 0.4) is 0 Å². The summed E-state index contributed by atoms with van der Waals surface area (Å²) in [6, 6.07) is 5.61. The number of rotatable bonds is 13. The average Bonchev–Trinajstić information content (AvgIpc) is 2.58. The van der Waals surface area contributed by atoms with E-state index in [4.69, 9.17) is 19.9 Å². The third-order valence-electron chi connectivity index (χ3n) is 4.03. The minimum Gasteiger partial charge on any atom is -0.493 e. The molecule has 0 saturated heterocycles. The molecule has 1 aromatic rings. The lowest BCUT2D eigenvalue weighted by Gasteiger charge is -2.17. The van der Waals surface area contributed by atoms with Crippen molar-refractivity contribution in [3.05, 3.63) is 23.8 Å². The van der Waals surface area contributed by atoms with Crippen LogP contribution in [0.25, 0.3) is 0 Å². The SMILES string of the molecule is CCCCCCC(C(N)=O)c1ccc(OC)c(OCCCOC)c1.Cl.Cl. The van der Waals surface area contributed by atoms with E-state index in [0.29, 0.717) is 24.7 Å². The minimum atomic E-state index is -0.290. The Hall–Kier alpha value is -1.17. The fourth-order valence-electron chi connectivity index (χ4n) is 2.66. The molecule has 0 bridgehead atoms. The maximum atomic E-state index is 11.9. The van der Waals surface area contributed by atoms with Gasteiger partial charge in [-0.05, 0) is 24.1 Å². The third kappa shape index (κ3) is 9.51. The molecule has 1 unspecified atom stereocenters. The number of benzene rings is 1. The van der Waals surface area contributed by atoms with Crippen molar-refractivity contribution in [3.8, 4) is 11.5 Å². The van der Waals surface area contributed by atoms with Crippen LogP contribution in [0.2, 0.25) is 0 Å². The van der Waals surface area contributed by atoms with Crippen LogP contribution in [0.5, 0.6) is 11.5 Å². The van der Waals surface area contributed by atoms with Gasteiger partial charge in [0.2, 0.25) is 5.91 Å². The van der Waals surface area contributed by atoms with Gasteiger partial charge >= 0.3 is 0 Å². The number of unbranched alkanes of at least 4 members (excludes halogenated alkanes) is 3. The van der Waals surface area contributed by atoms with Gasteiger partial charge in [0.25, 0.3) is 0 Å². The first kappa shape index (κ1) is 27.1. The normalized spacial score (nSPS) is 11.0. The Labute approximate surface area is 169 Å². The molecular weight excluding hydrogens is 377 g/mol. The Morgan fingerprint density at radius 1 is 1.04 bits per heavy atom. The van der Waals surface area contributed by atoms with Crippen LogP contribution in [0.1, 0.15) is 56.9 Å². The summed E-state index contributed by atoms with van der Waals surface area (Å²) in [5, 5.41) is 0. The molecule has 7 heteroatoms. The van der Waals surface area contributed by atoms with Crippen LogP contribution < -0.4 is 15.2 Å². The first-order chi connectivity index (χ1) is 11.6. The number of halogens is 2. The molecule has 0 aromatic heterocycles. The zero-order chi connectivity index (χ0) is 17.8. The van der Waals surface area contributed by atoms with Crippen molar-refractivity contribution in [2.75, 3.05) is 27.4 Å². The lowest BCUT2D eigenvalue weighted by atomic mass is 9.92. The molecular formula is C19H33Cl2NO4. The Kier molecular flexibility index (Phi) is 16.7. The van der Waals surface area contributed by atoms with E-state index in [9.17, 15) is 4.79 Å². The van der Waals surface area contributed by atoms with Gasteiger partial charge in [0.05, 0.1) is 19.6 Å². The molecule has 0 aliphatic carbocycles. The lowest BCUT2D eigenvalue weighted by molar-refractivity contribution is -0.119. The molecule has 1 rings (SSSR count). The maximum absolute atomic E-state index is 11.9. The minimum absolute atomic E-state index is 0. The molecule has 0 heterocycles. The topological polar surface area (TPSA) is 70.8 Å². The summed E-state index contributed by atoms with van der Waals surface area (Å²) in [4.78, 5) is 11.9. The summed E-state index contributed by atoms with van der Waals surface area (Å²) in [6.07, 6.45) is 6.03. The predicted molar refractivity (Wildman–Crippen MR) is 110 cm³/mol. The number of ether oxygens (including phenoxy) is 3. The van der Waals surface area contributed by atoms with Crippen LogP contribution >= 0.6 is 24.8 Å². The quantitative estimate of drug-likeness (QED) is 0.487. The molecule has 5 nitrogen and oxygen atoms in total. The Morgan fingerprint density at radius 2 is 1.77 bits per heavy atom. The number of amides is 1. The van der Waals surface area contributed by atoms with Crippen LogP contribution in [0.4, 0.5) is 0 Å². The smallest absolute Gasteiger partial charge is 0.224 e. The van der Waals surface area contributed by atoms with Gasteiger partial charge in [-0.1, -0.05) is 38.7 Å². The fraction of sp³-hybridized carbons (Fsp3) is 0.632. The van der Waals surface area contributed by atoms with Crippen LogP contribution in [0, 0.1) is 0 Å². The first-order valence-corrected chi connectivity index (χ1v) is 8.73. The molecule has 152 valence electrons. The summed E-state index contributed by atoms with van der Waals surface area (Å²) in [6.45, 7) is 3.34. The highest BCUT2D eigenvalue weighted by Crippen LogP contribution is 2.33. The van der Waals surface area contributed by atoms with E-state index < -0.39 is 0 Å². The highest BCUT2D eigenvalue weighted by molar-refractivity contribution is 5.85. The number of hydrogen-bond acceptors (Lipinski definition) is 4. The van der Waals surface area contributed by atoms with Gasteiger partial charge in [0.1, 0.15) is 0 Å². The van der Waals surface area contributed by atoms with Gasteiger partial charge in [-0.2, -0.15) is 0 Å². The van der Waals surface area contributed by atoms with E-state index in [1.165, 1.54) is 12.8 Å². The summed E-state index contributed by atoms with van der Waals surface area (Å²) in [5.74, 6) is 0.729. The molecule has 1 atom stereocenters. The van der Waals surface area contributed by atoms with Crippen molar-refractivity contribution in [2.45, 2.75) is 51.4 Å². The molecule has 2 N–H and O–H groups in total. The fourth-order valence-corrected chi connectivity index (χ4v) is 2.66. The average molecular weight is 410 g/mol. The highest BCUT2D eigenvalue weighted by Gasteiger charge is 2.19. The van der Waals surface area contributed by atoms with E-state index in [2.05, 4.69) is 6.92 Å². The van der Waals surface area contributed by atoms with E-state index in [1.807, 2.05) is 18.2 Å². The standard InChI is InChI=1S/C19H31NO4.2ClH/c1-4-5-6-7-9-16(19(20)21)15-10-11-17(23-3)18(14-15)24-13-8-12-22-2;;/h10-11,14,16H,4-9,12-13H2,1-3H3,(H2,20,21);2*1H. The van der Waals surface area contributed by atoms with Gasteiger partial charge in [-0.25, -0.2) is 0 Å². The largest absolute Gasteiger partial charge is 0.493 e. The predicted octanol–water partition coefficient (Wildman–Crippen LogP) is 4.49. The van der Waals surface area contributed by atoms with Crippen LogP contribution in [-0.2, 0) is 9.53 Å². The van der Waals surface area contributed by atoms with E-state index in [-0.39, 0.29) is 36.6 Å². The maximum Gasteiger partial charge on any atom is 0.224 e. The van der Waals surface area contributed by atoms with E-state index in [1.54, 1.807) is 14.2 Å². The zero-order valence-electron chi connectivity index (χ0n) is 16.0. The van der Waals surface area contributed by atoms with Gasteiger partial charge in [0, 0.05) is 20.1 Å². The number of carbonyl (C=O) groups excluding carboxylic acids is 1. The second kappa shape index (κ2) is 16.0. The first-order valence-electron chi connectivity index (χ1n) is 8.73. The summed E-state index contributed by atoms with van der Waals surface area (Å²) < 4.78 is 16.1. The van der Waals surface area contributed by atoms with Gasteiger partial charge in [-0.3, -0.25) is 4.79 Å². The Balaban J connectivity index is 0. The second-order valence-electron chi connectivity index (χ2n) is 5.91. The molecule has 26 heavy (non-hydrogen) atoms. The van der Waals surface area contributed by atoms with E-state index >= 15 is 0 Å². The third-order valence-corrected chi connectivity index (χ3v) is 4.03. The van der Waals surface area contributed by atoms with Gasteiger partial charge < -0.3 is 19.9 Å². The van der Waals surface area contributed by atoms with Crippen molar-refractivity contribution in [1.29, 1.82) is 0 Å². The van der Waals surface area contributed by atoms with E-state index in [0.717, 1.165) is 31.2 Å². The molecule has 0 saturated carbocycles. The number of carbonyl (C=O) groups is 1. The Morgan fingerprint density at radius 3 is 2.35 bits per heavy atom. The number of hydrogen-bond donors (Lipinski definition) is 1. The number of primary amides is 1. The van der Waals surface area contributed by atoms with Gasteiger partial charge in [0.15, 0.2) is 11.5 Å². The van der Waals surface area contributed by atoms with Crippen molar-refractivity contribution in [3.63, 3.8) is 0 Å². The molecule has 0 aliphatic rings. The highest BCUT2D eigenvalue weighted by atomic mass is 35.5. The molecule has 0 fully saturated rings. The number of methoxy groups -OCH3 is 2. The van der Waals surface area contributed by atoms with Crippen molar-refractivity contribution in [2.24, 2.45) is 5.73 Å². The molecule has 1 amide bonds. The Bertz CT molecular complexity index is 500. The summed E-state index contributed by atoms with van der Waals surface area (Å²) in [5.41, 5.74) is 6.51. The summed E-state index contributed by atoms with van der Waals surface area (Å²) >= 11 is 0. The molecule has 0 aliphatic heterocycles. The molecule has 0 spiro atoms. The van der Waals surface area contributed by atoms with Crippen LogP contribution in [-0.4, -0.2) is 33.3 Å². The van der Waals surface area contributed by atoms with Crippen molar-refractivity contribution < 1.29 is 19.0 Å². The number of nitrogens with two attached hydrogens (primary N) is 1. The summed E-state index contributed by atoms with van der Waals surface area (Å²) in [7, 11) is 3.27. The monoisotopic (exact) mass is 409 g/mol. The zero-order valence-corrected chi connectivity index (χ0v) is 17.6. The lowest BCUT2D eigenvalue weighted by Crippen LogP contribution is -2.21. The molecule has 1 aromatic carbocycles. The van der Waals surface area contributed by atoms with Crippen molar-refractivity contribution in [1.82, 2.24) is 0 Å². The van der Waals surface area contributed by atoms with Crippen molar-refractivity contribution >= 4 is 30.7 Å². The van der Waals surface area contributed by atoms with Crippen LogP contribution in [0.15, 0.2) is 18.2 Å². The second-order valence-corrected chi connectivity index (χ2v) is 5.91. The molecule has 0 radical (unpaired) electrons.